The number of fused-ring (bicyclic) bond motifs is 1. The van der Waals surface area contributed by atoms with Crippen molar-refractivity contribution in [3.63, 3.8) is 0 Å². The number of aromatic nitrogens is 3. The number of carbonyl (C=O) groups excluding carboxylic acids is 1. The summed E-state index contributed by atoms with van der Waals surface area (Å²) < 4.78 is 1.98. The van der Waals surface area contributed by atoms with Crippen molar-refractivity contribution in [2.75, 3.05) is 11.9 Å². The summed E-state index contributed by atoms with van der Waals surface area (Å²) >= 11 is 0. The Bertz CT molecular complexity index is 958. The minimum atomic E-state index is -0.00132. The maximum atomic E-state index is 12.7. The molecule has 140 valence electrons. The smallest absolute Gasteiger partial charge is 0.228 e. The summed E-state index contributed by atoms with van der Waals surface area (Å²) in [5.41, 5.74) is 2.12. The average molecular weight is 364 g/mol. The lowest BCUT2D eigenvalue weighted by molar-refractivity contribution is -0.121. The number of aryl methyl sites for hydroxylation is 1. The van der Waals surface area contributed by atoms with Gasteiger partial charge in [-0.05, 0) is 55.2 Å². The van der Waals surface area contributed by atoms with E-state index in [0.29, 0.717) is 11.7 Å². The first-order chi connectivity index (χ1) is 13.2. The van der Waals surface area contributed by atoms with E-state index in [1.165, 1.54) is 0 Å². The molecule has 1 aromatic carbocycles. The number of carbonyl (C=O) groups is 1. The van der Waals surface area contributed by atoms with E-state index in [-0.39, 0.29) is 18.4 Å². The Balaban J connectivity index is 1.56. The first-order valence-corrected chi connectivity index (χ1v) is 9.43. The molecule has 1 aliphatic carbocycles. The lowest BCUT2D eigenvalue weighted by Crippen LogP contribution is -2.28. The van der Waals surface area contributed by atoms with Gasteiger partial charge in [0.25, 0.3) is 0 Å². The summed E-state index contributed by atoms with van der Waals surface area (Å²) in [7, 11) is 1.97. The fourth-order valence-corrected chi connectivity index (χ4v) is 3.90. The highest BCUT2D eigenvalue weighted by molar-refractivity contribution is 6.02. The molecule has 1 aliphatic rings. The monoisotopic (exact) mass is 364 g/mol. The van der Waals surface area contributed by atoms with E-state index in [2.05, 4.69) is 21.4 Å². The van der Waals surface area contributed by atoms with Crippen molar-refractivity contribution >= 4 is 22.5 Å². The molecule has 0 spiro atoms. The molecule has 0 saturated heterocycles. The van der Waals surface area contributed by atoms with Crippen molar-refractivity contribution < 1.29 is 9.90 Å². The number of hydrogen-bond donors (Lipinski definition) is 2. The van der Waals surface area contributed by atoms with Crippen molar-refractivity contribution in [1.82, 2.24) is 14.5 Å². The minimum absolute atomic E-state index is 0.00132. The van der Waals surface area contributed by atoms with Crippen LogP contribution in [0.15, 0.2) is 43.0 Å². The number of aliphatic hydroxyl groups excluding tert-OH is 1. The second-order valence-electron chi connectivity index (χ2n) is 7.37. The number of aliphatic hydroxyl groups is 1. The lowest BCUT2D eigenvalue weighted by atomic mass is 9.82. The van der Waals surface area contributed by atoms with E-state index in [1.54, 1.807) is 12.5 Å². The summed E-state index contributed by atoms with van der Waals surface area (Å²) in [5.74, 6) is 0.981. The third-order valence-electron chi connectivity index (χ3n) is 5.59. The fourth-order valence-electron chi connectivity index (χ4n) is 3.90. The molecule has 2 N–H and O–H groups in total. The Morgan fingerprint density at radius 2 is 2.07 bits per heavy atom. The molecular formula is C21H24N4O2. The van der Waals surface area contributed by atoms with Crippen molar-refractivity contribution in [3.05, 3.63) is 43.0 Å². The first kappa shape index (κ1) is 17.7. The van der Waals surface area contributed by atoms with Crippen LogP contribution >= 0.6 is 0 Å². The van der Waals surface area contributed by atoms with Gasteiger partial charge in [-0.3, -0.25) is 4.79 Å². The Morgan fingerprint density at radius 3 is 2.78 bits per heavy atom. The van der Waals surface area contributed by atoms with Gasteiger partial charge in [0.1, 0.15) is 5.82 Å². The third-order valence-corrected chi connectivity index (χ3v) is 5.59. The molecular weight excluding hydrogens is 340 g/mol. The van der Waals surface area contributed by atoms with E-state index in [9.17, 15) is 9.90 Å². The number of imidazole rings is 1. The highest BCUT2D eigenvalue weighted by atomic mass is 16.3. The van der Waals surface area contributed by atoms with Gasteiger partial charge in [-0.1, -0.05) is 6.07 Å². The van der Waals surface area contributed by atoms with Gasteiger partial charge in [-0.25, -0.2) is 9.97 Å². The predicted molar refractivity (Wildman–Crippen MR) is 105 cm³/mol. The second kappa shape index (κ2) is 7.48. The van der Waals surface area contributed by atoms with Crippen LogP contribution in [0.1, 0.15) is 25.7 Å². The number of hydrogen-bond acceptors (Lipinski definition) is 4. The van der Waals surface area contributed by atoms with Gasteiger partial charge in [0, 0.05) is 36.7 Å². The number of pyridine rings is 1. The molecule has 0 atom stereocenters. The number of rotatable bonds is 4. The number of benzene rings is 1. The Morgan fingerprint density at radius 1 is 1.26 bits per heavy atom. The van der Waals surface area contributed by atoms with Crippen LogP contribution in [-0.2, 0) is 11.8 Å². The molecule has 2 heterocycles. The van der Waals surface area contributed by atoms with Crippen LogP contribution < -0.4 is 5.32 Å². The normalized spacial score (nSPS) is 19.9. The van der Waals surface area contributed by atoms with Gasteiger partial charge in [0.2, 0.25) is 5.91 Å². The van der Waals surface area contributed by atoms with Crippen LogP contribution in [0.25, 0.3) is 22.0 Å². The van der Waals surface area contributed by atoms with Gasteiger partial charge < -0.3 is 15.0 Å². The van der Waals surface area contributed by atoms with Crippen LogP contribution in [0.5, 0.6) is 0 Å². The molecule has 1 fully saturated rings. The van der Waals surface area contributed by atoms with Crippen LogP contribution in [-0.4, -0.2) is 32.2 Å². The molecule has 0 radical (unpaired) electrons. The van der Waals surface area contributed by atoms with Crippen LogP contribution in [0, 0.1) is 11.8 Å². The predicted octanol–water partition coefficient (Wildman–Crippen LogP) is 3.37. The number of amides is 1. The molecule has 27 heavy (non-hydrogen) atoms. The fraction of sp³-hybridized carbons (Fsp3) is 0.381. The van der Waals surface area contributed by atoms with Crippen molar-refractivity contribution in [3.8, 4) is 11.3 Å². The first-order valence-electron chi connectivity index (χ1n) is 9.43. The summed E-state index contributed by atoms with van der Waals surface area (Å²) in [6.07, 6.45) is 8.82. The minimum Gasteiger partial charge on any atom is -0.396 e. The van der Waals surface area contributed by atoms with E-state index < -0.39 is 0 Å². The molecule has 6 nitrogen and oxygen atoms in total. The number of nitrogens with zero attached hydrogens (tertiary/aromatic N) is 3. The summed E-state index contributed by atoms with van der Waals surface area (Å²) in [5, 5.41) is 14.2. The van der Waals surface area contributed by atoms with E-state index in [4.69, 9.17) is 0 Å². The lowest BCUT2D eigenvalue weighted by Gasteiger charge is -2.26. The third kappa shape index (κ3) is 3.57. The highest BCUT2D eigenvalue weighted by Gasteiger charge is 2.26. The zero-order valence-corrected chi connectivity index (χ0v) is 15.4. The maximum absolute atomic E-state index is 12.7. The molecule has 0 unspecified atom stereocenters. The van der Waals surface area contributed by atoms with E-state index in [1.807, 2.05) is 36.0 Å². The number of anilines is 1. The van der Waals surface area contributed by atoms with E-state index >= 15 is 0 Å². The van der Waals surface area contributed by atoms with Gasteiger partial charge in [0.05, 0.1) is 18.2 Å². The largest absolute Gasteiger partial charge is 0.396 e. The quantitative estimate of drug-likeness (QED) is 0.744. The molecule has 3 aromatic rings. The average Bonchev–Trinajstić information content (AvgIpc) is 3.13. The van der Waals surface area contributed by atoms with E-state index in [0.717, 1.165) is 47.7 Å². The molecule has 0 bridgehead atoms. The molecule has 4 rings (SSSR count). The zero-order valence-electron chi connectivity index (χ0n) is 15.4. The summed E-state index contributed by atoms with van der Waals surface area (Å²) in [6.45, 7) is 0.220. The topological polar surface area (TPSA) is 80.0 Å². The SMILES string of the molecule is Cn1cncc1-c1ccc2c(NC(=O)[C@H]3CC[C@H](CO)CC3)nccc2c1. The molecule has 6 heteroatoms. The van der Waals surface area contributed by atoms with Crippen molar-refractivity contribution in [2.24, 2.45) is 18.9 Å². The molecule has 1 amide bonds. The number of nitrogens with one attached hydrogen (secondary N) is 1. The molecule has 1 saturated carbocycles. The van der Waals surface area contributed by atoms with Crippen LogP contribution in [0.2, 0.25) is 0 Å². The molecule has 0 aliphatic heterocycles. The standard InChI is InChI=1S/C21H24N4O2/c1-25-13-22-11-19(25)17-6-7-18-16(10-17)8-9-23-20(18)24-21(27)15-4-2-14(12-26)3-5-15/h6-11,13-15,26H,2-5,12H2,1H3,(H,23,24,27)/t14-,15-. The van der Waals surface area contributed by atoms with Crippen LogP contribution in [0.4, 0.5) is 5.82 Å². The Kier molecular flexibility index (Phi) is 4.90. The summed E-state index contributed by atoms with van der Waals surface area (Å²) in [4.78, 5) is 21.2. The Labute approximate surface area is 158 Å². The van der Waals surface area contributed by atoms with Gasteiger partial charge in [-0.15, -0.1) is 0 Å². The van der Waals surface area contributed by atoms with Crippen molar-refractivity contribution in [2.45, 2.75) is 25.7 Å². The Hall–Kier alpha value is -2.73. The van der Waals surface area contributed by atoms with Gasteiger partial charge >= 0.3 is 0 Å². The van der Waals surface area contributed by atoms with Crippen molar-refractivity contribution in [1.29, 1.82) is 0 Å². The molecule has 2 aromatic heterocycles. The van der Waals surface area contributed by atoms with Crippen LogP contribution in [0.3, 0.4) is 0 Å². The maximum Gasteiger partial charge on any atom is 0.228 e. The summed E-state index contributed by atoms with van der Waals surface area (Å²) in [6, 6.07) is 8.08. The highest BCUT2D eigenvalue weighted by Crippen LogP contribution is 2.31. The van der Waals surface area contributed by atoms with Gasteiger partial charge in [0.15, 0.2) is 0 Å². The second-order valence-corrected chi connectivity index (χ2v) is 7.37. The zero-order chi connectivity index (χ0) is 18.8. The van der Waals surface area contributed by atoms with Gasteiger partial charge in [-0.2, -0.15) is 0 Å².